The molecule has 2 rings (SSSR count). The van der Waals surface area contributed by atoms with E-state index in [2.05, 4.69) is 15.0 Å². The largest absolute Gasteiger partial charge is 0.507 e. The maximum Gasteiger partial charge on any atom is 0.261 e. The summed E-state index contributed by atoms with van der Waals surface area (Å²) >= 11 is 6.65. The molecule has 0 bridgehead atoms. The lowest BCUT2D eigenvalue weighted by Crippen LogP contribution is -2.11. The number of sulfonamides is 1. The molecule has 0 aliphatic rings. The third-order valence-electron chi connectivity index (χ3n) is 2.23. The Morgan fingerprint density at radius 3 is 2.67 bits per heavy atom. The van der Waals surface area contributed by atoms with E-state index in [0.29, 0.717) is 0 Å². The van der Waals surface area contributed by atoms with E-state index in [4.69, 9.17) is 11.6 Å². The smallest absolute Gasteiger partial charge is 0.261 e. The van der Waals surface area contributed by atoms with Gasteiger partial charge in [0.1, 0.15) is 10.8 Å². The molecule has 0 spiro atoms. The van der Waals surface area contributed by atoms with Gasteiger partial charge >= 0.3 is 0 Å². The minimum atomic E-state index is -3.49. The predicted octanol–water partition coefficient (Wildman–Crippen LogP) is 2.13. The number of aromatic nitrogens is 1. The Hall–Kier alpha value is -1.84. The molecule has 3 N–H and O–H groups in total. The minimum Gasteiger partial charge on any atom is -0.507 e. The monoisotopic (exact) mass is 347 g/mol. The zero-order valence-corrected chi connectivity index (χ0v) is 13.0. The number of aromatic hydroxyl groups is 1. The molecule has 0 aliphatic heterocycles. The highest BCUT2D eigenvalue weighted by molar-refractivity contribution is 7.92. The normalized spacial score (nSPS) is 11.1. The molecule has 112 valence electrons. The van der Waals surface area contributed by atoms with E-state index in [1.807, 2.05) is 0 Å². The van der Waals surface area contributed by atoms with E-state index in [9.17, 15) is 18.3 Å². The third-order valence-corrected chi connectivity index (χ3v) is 4.21. The number of benzene rings is 1. The van der Waals surface area contributed by atoms with Gasteiger partial charge in [0, 0.05) is 0 Å². The van der Waals surface area contributed by atoms with Crippen LogP contribution in [0.4, 0.5) is 10.1 Å². The molecule has 10 heteroatoms. The van der Waals surface area contributed by atoms with Gasteiger partial charge in [-0.2, -0.15) is 0 Å². The molecular formula is C11H10ClN3O4S2. The Morgan fingerprint density at radius 1 is 1.38 bits per heavy atom. The number of phenols is 1. The molecule has 1 heterocycles. The first-order chi connectivity index (χ1) is 9.76. The van der Waals surface area contributed by atoms with Crippen molar-refractivity contribution in [2.75, 3.05) is 16.3 Å². The summed E-state index contributed by atoms with van der Waals surface area (Å²) in [4.78, 5) is 15.8. The van der Waals surface area contributed by atoms with Crippen LogP contribution in [0.5, 0.6) is 5.75 Å². The summed E-state index contributed by atoms with van der Waals surface area (Å²) < 4.78 is 24.5. The second kappa shape index (κ2) is 5.88. The molecule has 0 atom stereocenters. The van der Waals surface area contributed by atoms with E-state index in [1.165, 1.54) is 12.1 Å². The number of nitrogens with one attached hydrogen (secondary N) is 2. The van der Waals surface area contributed by atoms with Crippen LogP contribution in [-0.4, -0.2) is 30.7 Å². The van der Waals surface area contributed by atoms with E-state index in [1.54, 1.807) is 12.1 Å². The van der Waals surface area contributed by atoms with Crippen molar-refractivity contribution in [2.45, 2.75) is 0 Å². The van der Waals surface area contributed by atoms with Crippen LogP contribution in [0.25, 0.3) is 0 Å². The average molecular weight is 348 g/mol. The summed E-state index contributed by atoms with van der Waals surface area (Å²) in [6.07, 6.45) is 0.976. The fourth-order valence-corrected chi connectivity index (χ4v) is 3.43. The fourth-order valence-electron chi connectivity index (χ4n) is 1.42. The van der Waals surface area contributed by atoms with Gasteiger partial charge in [0.15, 0.2) is 10.3 Å². The van der Waals surface area contributed by atoms with Crippen molar-refractivity contribution in [3.8, 4) is 5.75 Å². The van der Waals surface area contributed by atoms with Gasteiger partial charge in [-0.1, -0.05) is 35.1 Å². The number of para-hydroxylation sites is 1. The number of carbonyl (C=O) groups excluding carboxylic acids is 1. The van der Waals surface area contributed by atoms with Crippen molar-refractivity contribution in [3.63, 3.8) is 0 Å². The number of phenolic OH excluding ortho intramolecular Hbond substituents is 1. The minimum absolute atomic E-state index is 0.0708. The molecule has 0 aliphatic carbocycles. The molecule has 0 saturated heterocycles. The molecule has 2 aromatic rings. The second-order valence-electron chi connectivity index (χ2n) is 3.98. The first-order valence-corrected chi connectivity index (χ1v) is 8.58. The third kappa shape index (κ3) is 4.06. The highest BCUT2D eigenvalue weighted by atomic mass is 35.5. The van der Waals surface area contributed by atoms with E-state index in [-0.39, 0.29) is 26.6 Å². The predicted molar refractivity (Wildman–Crippen MR) is 81.7 cm³/mol. The summed E-state index contributed by atoms with van der Waals surface area (Å²) in [5, 5.41) is 12.2. The molecule has 0 radical (unpaired) electrons. The summed E-state index contributed by atoms with van der Waals surface area (Å²) in [7, 11) is -3.49. The van der Waals surface area contributed by atoms with Crippen LogP contribution in [0.15, 0.2) is 24.3 Å². The zero-order valence-electron chi connectivity index (χ0n) is 10.6. The Bertz CT molecular complexity index is 789. The Morgan fingerprint density at radius 2 is 2.05 bits per heavy atom. The Labute approximate surface area is 129 Å². The number of amides is 1. The highest BCUT2D eigenvalue weighted by Gasteiger charge is 2.16. The molecule has 0 unspecified atom stereocenters. The van der Waals surface area contributed by atoms with Crippen molar-refractivity contribution in [1.29, 1.82) is 0 Å². The highest BCUT2D eigenvalue weighted by Crippen LogP contribution is 2.33. The number of nitrogens with zero attached hydrogens (tertiary/aromatic N) is 1. The van der Waals surface area contributed by atoms with Gasteiger partial charge < -0.3 is 5.11 Å². The maximum atomic E-state index is 12.0. The van der Waals surface area contributed by atoms with Gasteiger partial charge in [-0.3, -0.25) is 14.8 Å². The Kier molecular flexibility index (Phi) is 4.35. The Balaban J connectivity index is 2.19. The molecule has 1 amide bonds. The van der Waals surface area contributed by atoms with Crippen LogP contribution in [0.2, 0.25) is 5.15 Å². The van der Waals surface area contributed by atoms with Gasteiger partial charge in [0.05, 0.1) is 11.8 Å². The SMILES string of the molecule is CS(=O)(=O)Nc1sc(NC(=O)c2ccccc2O)nc1Cl. The standard InChI is InChI=1S/C11H10ClN3O4S2/c1-21(18,19)15-10-8(12)13-11(20-10)14-9(17)6-4-2-3-5-7(6)16/h2-5,15-16H,1H3,(H,13,14,17). The molecule has 0 saturated carbocycles. The van der Waals surface area contributed by atoms with Crippen LogP contribution >= 0.6 is 22.9 Å². The summed E-state index contributed by atoms with van der Waals surface area (Å²) in [5.74, 6) is -0.753. The van der Waals surface area contributed by atoms with Crippen molar-refractivity contribution in [1.82, 2.24) is 4.98 Å². The van der Waals surface area contributed by atoms with Crippen LogP contribution in [0.3, 0.4) is 0 Å². The number of carbonyl (C=O) groups is 1. The number of hydrogen-bond acceptors (Lipinski definition) is 6. The van der Waals surface area contributed by atoms with Gasteiger partial charge in [0.25, 0.3) is 5.91 Å². The maximum absolute atomic E-state index is 12.0. The number of hydrogen-bond donors (Lipinski definition) is 3. The van der Waals surface area contributed by atoms with Gasteiger partial charge in [-0.25, -0.2) is 13.4 Å². The lowest BCUT2D eigenvalue weighted by molar-refractivity contribution is 0.102. The summed E-state index contributed by atoms with van der Waals surface area (Å²) in [5.41, 5.74) is 0.0708. The molecular weight excluding hydrogens is 338 g/mol. The number of rotatable bonds is 4. The van der Waals surface area contributed by atoms with Crippen LogP contribution in [0.1, 0.15) is 10.4 Å². The quantitative estimate of drug-likeness (QED) is 0.785. The van der Waals surface area contributed by atoms with Gasteiger partial charge in [-0.05, 0) is 12.1 Å². The average Bonchev–Trinajstić information content (AvgIpc) is 2.67. The number of anilines is 2. The number of thiazole rings is 1. The molecule has 0 fully saturated rings. The topological polar surface area (TPSA) is 108 Å². The van der Waals surface area contributed by atoms with Gasteiger partial charge in [-0.15, -0.1) is 0 Å². The molecule has 7 nitrogen and oxygen atoms in total. The number of halogens is 1. The second-order valence-corrected chi connectivity index (χ2v) is 7.09. The molecule has 1 aromatic carbocycles. The van der Waals surface area contributed by atoms with E-state index < -0.39 is 15.9 Å². The van der Waals surface area contributed by atoms with Crippen LogP contribution < -0.4 is 10.0 Å². The summed E-state index contributed by atoms with van der Waals surface area (Å²) in [6.45, 7) is 0. The van der Waals surface area contributed by atoms with E-state index >= 15 is 0 Å². The van der Waals surface area contributed by atoms with Crippen LogP contribution in [-0.2, 0) is 10.0 Å². The lowest BCUT2D eigenvalue weighted by Gasteiger charge is -2.03. The molecule has 21 heavy (non-hydrogen) atoms. The first kappa shape index (κ1) is 15.5. The van der Waals surface area contributed by atoms with E-state index in [0.717, 1.165) is 17.6 Å². The van der Waals surface area contributed by atoms with Crippen LogP contribution in [0, 0.1) is 0 Å². The lowest BCUT2D eigenvalue weighted by atomic mass is 10.2. The van der Waals surface area contributed by atoms with Crippen molar-refractivity contribution >= 4 is 49.0 Å². The van der Waals surface area contributed by atoms with Crippen molar-refractivity contribution < 1.29 is 18.3 Å². The fraction of sp³-hybridized carbons (Fsp3) is 0.0909. The first-order valence-electron chi connectivity index (χ1n) is 5.50. The zero-order chi connectivity index (χ0) is 15.6. The van der Waals surface area contributed by atoms with Crippen molar-refractivity contribution in [2.24, 2.45) is 0 Å². The summed E-state index contributed by atoms with van der Waals surface area (Å²) in [6, 6.07) is 6.00. The molecule has 1 aromatic heterocycles. The van der Waals surface area contributed by atoms with Gasteiger partial charge in [0.2, 0.25) is 10.0 Å². The van der Waals surface area contributed by atoms with Crippen molar-refractivity contribution in [3.05, 3.63) is 35.0 Å².